The predicted molar refractivity (Wildman–Crippen MR) is 80.8 cm³/mol. The Bertz CT molecular complexity index is 522. The molecule has 3 N–H and O–H groups in total. The van der Waals surface area contributed by atoms with Crippen LogP contribution >= 0.6 is 0 Å². The van der Waals surface area contributed by atoms with Crippen molar-refractivity contribution < 1.29 is 4.79 Å². The number of amides is 1. The van der Waals surface area contributed by atoms with Crippen molar-refractivity contribution in [2.45, 2.75) is 40.2 Å². The van der Waals surface area contributed by atoms with Crippen LogP contribution in [-0.4, -0.2) is 35.8 Å². The van der Waals surface area contributed by atoms with Crippen LogP contribution in [0.4, 0.5) is 11.5 Å². The van der Waals surface area contributed by atoms with Crippen LogP contribution in [0, 0.1) is 12.3 Å². The Balaban J connectivity index is 2.33. The van der Waals surface area contributed by atoms with Crippen LogP contribution in [0.5, 0.6) is 0 Å². The highest BCUT2D eigenvalue weighted by molar-refractivity contribution is 5.84. The van der Waals surface area contributed by atoms with Crippen LogP contribution in [0.15, 0.2) is 0 Å². The number of nitrogens with zero attached hydrogens (tertiary/aromatic N) is 3. The number of hydrogen-bond acceptors (Lipinski definition) is 4. The summed E-state index contributed by atoms with van der Waals surface area (Å²) in [4.78, 5) is 14.2. The molecule has 1 saturated heterocycles. The highest BCUT2D eigenvalue weighted by Gasteiger charge is 2.41. The Morgan fingerprint density at radius 2 is 2.15 bits per heavy atom. The fourth-order valence-corrected chi connectivity index (χ4v) is 2.85. The van der Waals surface area contributed by atoms with Gasteiger partial charge in [0.15, 0.2) is 5.82 Å². The second-order valence-electron chi connectivity index (χ2n) is 6.17. The van der Waals surface area contributed by atoms with E-state index in [-0.39, 0.29) is 17.4 Å². The molecular weight excluding hydrogens is 254 g/mol. The molecule has 1 aromatic heterocycles. The largest absolute Gasteiger partial charge is 0.394 e. The molecule has 0 spiro atoms. The standard InChI is InChI=1S/C14H25N5O/c1-9(2)19-12(11(15)10(3)17-19)18-7-6-14(4,8-18)13(20)16-5/h9H,6-8,15H2,1-5H3,(H,16,20). The molecule has 0 saturated carbocycles. The van der Waals surface area contributed by atoms with Crippen LogP contribution < -0.4 is 16.0 Å². The van der Waals surface area contributed by atoms with E-state index >= 15 is 0 Å². The summed E-state index contributed by atoms with van der Waals surface area (Å²) in [6.45, 7) is 9.60. The molecule has 1 aromatic rings. The maximum Gasteiger partial charge on any atom is 0.227 e. The maximum absolute atomic E-state index is 12.0. The molecular formula is C14H25N5O. The Kier molecular flexibility index (Phi) is 3.67. The van der Waals surface area contributed by atoms with Gasteiger partial charge in [0.25, 0.3) is 0 Å². The lowest BCUT2D eigenvalue weighted by molar-refractivity contribution is -0.128. The first-order valence-corrected chi connectivity index (χ1v) is 7.12. The molecule has 1 amide bonds. The fourth-order valence-electron chi connectivity index (χ4n) is 2.85. The first kappa shape index (κ1) is 14.7. The van der Waals surface area contributed by atoms with Crippen molar-refractivity contribution in [3.8, 4) is 0 Å². The summed E-state index contributed by atoms with van der Waals surface area (Å²) in [6, 6.07) is 0.243. The number of nitrogens with two attached hydrogens (primary N) is 1. The molecule has 2 heterocycles. The molecule has 6 heteroatoms. The molecule has 1 aliphatic rings. The summed E-state index contributed by atoms with van der Waals surface area (Å²) in [5, 5.41) is 7.27. The van der Waals surface area contributed by atoms with Crippen molar-refractivity contribution in [1.82, 2.24) is 15.1 Å². The van der Waals surface area contributed by atoms with Gasteiger partial charge in [0.2, 0.25) is 5.91 Å². The molecule has 1 unspecified atom stereocenters. The summed E-state index contributed by atoms with van der Waals surface area (Å²) in [5.41, 5.74) is 7.40. The molecule has 2 rings (SSSR count). The van der Waals surface area contributed by atoms with Crippen molar-refractivity contribution in [1.29, 1.82) is 0 Å². The molecule has 20 heavy (non-hydrogen) atoms. The number of nitrogens with one attached hydrogen (secondary N) is 1. The van der Waals surface area contributed by atoms with Crippen LogP contribution in [0.2, 0.25) is 0 Å². The Morgan fingerprint density at radius 3 is 2.70 bits per heavy atom. The van der Waals surface area contributed by atoms with Gasteiger partial charge in [0, 0.05) is 26.2 Å². The van der Waals surface area contributed by atoms with Gasteiger partial charge in [-0.25, -0.2) is 4.68 Å². The molecule has 0 aromatic carbocycles. The van der Waals surface area contributed by atoms with Gasteiger partial charge in [-0.15, -0.1) is 0 Å². The van der Waals surface area contributed by atoms with Crippen molar-refractivity contribution in [3.63, 3.8) is 0 Å². The minimum absolute atomic E-state index is 0.0888. The van der Waals surface area contributed by atoms with Gasteiger partial charge in [0.1, 0.15) is 0 Å². The number of nitrogen functional groups attached to an aromatic ring is 1. The van der Waals surface area contributed by atoms with E-state index in [0.717, 1.165) is 30.2 Å². The van der Waals surface area contributed by atoms with Crippen molar-refractivity contribution in [3.05, 3.63) is 5.69 Å². The van der Waals surface area contributed by atoms with Crippen molar-refractivity contribution >= 4 is 17.4 Å². The van der Waals surface area contributed by atoms with E-state index < -0.39 is 0 Å². The molecule has 0 aliphatic carbocycles. The van der Waals surface area contributed by atoms with Gasteiger partial charge < -0.3 is 16.0 Å². The molecule has 1 aliphatic heterocycles. The molecule has 0 bridgehead atoms. The molecule has 1 fully saturated rings. The van der Waals surface area contributed by atoms with Gasteiger partial charge in [-0.05, 0) is 34.1 Å². The Labute approximate surface area is 120 Å². The van der Waals surface area contributed by atoms with Crippen molar-refractivity contribution in [2.75, 3.05) is 30.8 Å². The lowest BCUT2D eigenvalue weighted by Gasteiger charge is -2.25. The van der Waals surface area contributed by atoms with E-state index in [0.29, 0.717) is 6.54 Å². The third-order valence-electron chi connectivity index (χ3n) is 4.14. The number of hydrogen-bond donors (Lipinski definition) is 2. The average Bonchev–Trinajstić information content (AvgIpc) is 2.92. The van der Waals surface area contributed by atoms with Crippen LogP contribution in [0.25, 0.3) is 0 Å². The zero-order chi connectivity index (χ0) is 15.1. The first-order valence-electron chi connectivity index (χ1n) is 7.12. The van der Waals surface area contributed by atoms with Crippen molar-refractivity contribution in [2.24, 2.45) is 5.41 Å². The SMILES string of the molecule is CNC(=O)C1(C)CCN(c2c(N)c(C)nn2C(C)C)C1. The van der Waals surface area contributed by atoms with E-state index in [1.807, 2.05) is 18.5 Å². The second kappa shape index (κ2) is 5.00. The predicted octanol–water partition coefficient (Wildman–Crippen LogP) is 1.32. The minimum atomic E-state index is -0.360. The highest BCUT2D eigenvalue weighted by Crippen LogP contribution is 2.37. The lowest BCUT2D eigenvalue weighted by Crippen LogP contribution is -2.39. The third-order valence-corrected chi connectivity index (χ3v) is 4.14. The number of aromatic nitrogens is 2. The van der Waals surface area contributed by atoms with Gasteiger partial charge in [-0.3, -0.25) is 4.79 Å². The van der Waals surface area contributed by atoms with Gasteiger partial charge >= 0.3 is 0 Å². The van der Waals surface area contributed by atoms with E-state index in [2.05, 4.69) is 29.2 Å². The molecule has 6 nitrogen and oxygen atoms in total. The number of carbonyl (C=O) groups excluding carboxylic acids is 1. The zero-order valence-corrected chi connectivity index (χ0v) is 13.0. The fraction of sp³-hybridized carbons (Fsp3) is 0.714. The summed E-state index contributed by atoms with van der Waals surface area (Å²) in [7, 11) is 1.69. The Morgan fingerprint density at radius 1 is 1.50 bits per heavy atom. The lowest BCUT2D eigenvalue weighted by atomic mass is 9.89. The highest BCUT2D eigenvalue weighted by atomic mass is 16.2. The normalized spacial score (nSPS) is 22.6. The average molecular weight is 279 g/mol. The third kappa shape index (κ3) is 2.23. The Hall–Kier alpha value is -1.72. The summed E-state index contributed by atoms with van der Waals surface area (Å²) in [5.74, 6) is 1.04. The minimum Gasteiger partial charge on any atom is -0.394 e. The van der Waals surface area contributed by atoms with E-state index in [4.69, 9.17) is 5.73 Å². The quantitative estimate of drug-likeness (QED) is 0.875. The second-order valence-corrected chi connectivity index (χ2v) is 6.17. The smallest absolute Gasteiger partial charge is 0.227 e. The van der Waals surface area contributed by atoms with Crippen LogP contribution in [0.1, 0.15) is 38.9 Å². The van der Waals surface area contributed by atoms with Crippen LogP contribution in [-0.2, 0) is 4.79 Å². The number of anilines is 2. The summed E-state index contributed by atoms with van der Waals surface area (Å²) < 4.78 is 1.96. The van der Waals surface area contributed by atoms with Gasteiger partial charge in [-0.1, -0.05) is 0 Å². The monoisotopic (exact) mass is 279 g/mol. The van der Waals surface area contributed by atoms with Crippen LogP contribution in [0.3, 0.4) is 0 Å². The summed E-state index contributed by atoms with van der Waals surface area (Å²) >= 11 is 0. The molecule has 0 radical (unpaired) electrons. The number of aryl methyl sites for hydroxylation is 1. The van der Waals surface area contributed by atoms with E-state index in [1.54, 1.807) is 7.05 Å². The topological polar surface area (TPSA) is 76.2 Å². The molecule has 1 atom stereocenters. The molecule has 112 valence electrons. The number of rotatable bonds is 3. The summed E-state index contributed by atoms with van der Waals surface area (Å²) in [6.07, 6.45) is 0.828. The van der Waals surface area contributed by atoms with E-state index in [9.17, 15) is 4.79 Å². The zero-order valence-electron chi connectivity index (χ0n) is 13.0. The first-order chi connectivity index (χ1) is 9.30. The van der Waals surface area contributed by atoms with E-state index in [1.165, 1.54) is 0 Å². The van der Waals surface area contributed by atoms with Gasteiger partial charge in [-0.2, -0.15) is 5.10 Å². The number of carbonyl (C=O) groups is 1. The maximum atomic E-state index is 12.0. The van der Waals surface area contributed by atoms with Gasteiger partial charge in [0.05, 0.1) is 16.8 Å².